The average Bonchev–Trinajstić information content (AvgIpc) is 2.20. The molecule has 15 heavy (non-hydrogen) atoms. The van der Waals surface area contributed by atoms with E-state index in [1.165, 1.54) is 7.11 Å². The Morgan fingerprint density at radius 1 is 1.67 bits per heavy atom. The van der Waals surface area contributed by atoms with Crippen LogP contribution >= 0.6 is 15.9 Å². The molecule has 0 aliphatic rings. The van der Waals surface area contributed by atoms with Crippen molar-refractivity contribution in [3.8, 4) is 11.9 Å². The van der Waals surface area contributed by atoms with Gasteiger partial charge in [-0.15, -0.1) is 0 Å². The molecule has 0 saturated carbocycles. The van der Waals surface area contributed by atoms with Gasteiger partial charge in [0.15, 0.2) is 0 Å². The van der Waals surface area contributed by atoms with Gasteiger partial charge in [-0.1, -0.05) is 0 Å². The van der Waals surface area contributed by atoms with Gasteiger partial charge in [0, 0.05) is 11.8 Å². The second-order valence-electron chi connectivity index (χ2n) is 2.65. The molecule has 0 unspecified atom stereocenters. The highest BCUT2D eigenvalue weighted by Crippen LogP contribution is 2.33. The predicted octanol–water partition coefficient (Wildman–Crippen LogP) is 2.86. The first-order valence-electron chi connectivity index (χ1n) is 3.98. The van der Waals surface area contributed by atoms with Crippen LogP contribution in [0, 0.1) is 11.3 Å². The fraction of sp³-hybridized carbons (Fsp3) is 0.333. The zero-order chi connectivity index (χ0) is 11.4. The second kappa shape index (κ2) is 5.03. The summed E-state index contributed by atoms with van der Waals surface area (Å²) in [5.41, 5.74) is -0.0245. The summed E-state index contributed by atoms with van der Waals surface area (Å²) in [5.74, 6) is 0.199. The van der Waals surface area contributed by atoms with Crippen LogP contribution in [0.2, 0.25) is 0 Å². The first kappa shape index (κ1) is 11.9. The molecule has 0 aliphatic heterocycles. The molecular formula is C9H7BrF2N2O. The Kier molecular flexibility index (Phi) is 3.97. The van der Waals surface area contributed by atoms with Crippen LogP contribution in [-0.4, -0.2) is 12.1 Å². The van der Waals surface area contributed by atoms with Crippen LogP contribution in [0.1, 0.15) is 17.6 Å². The Labute approximate surface area is 93.8 Å². The van der Waals surface area contributed by atoms with Crippen molar-refractivity contribution in [1.29, 1.82) is 5.26 Å². The lowest BCUT2D eigenvalue weighted by Crippen LogP contribution is -2.00. The van der Waals surface area contributed by atoms with Gasteiger partial charge in [-0.25, -0.2) is 13.8 Å². The molecule has 1 aromatic rings. The predicted molar refractivity (Wildman–Crippen MR) is 52.8 cm³/mol. The van der Waals surface area contributed by atoms with Crippen LogP contribution in [0.5, 0.6) is 5.88 Å². The SMILES string of the molecule is COc1ncc(C(F)F)c(CC#N)c1Br. The van der Waals surface area contributed by atoms with Gasteiger partial charge in [0.05, 0.1) is 24.1 Å². The lowest BCUT2D eigenvalue weighted by Gasteiger charge is -2.10. The molecule has 3 nitrogen and oxygen atoms in total. The normalized spacial score (nSPS) is 10.1. The van der Waals surface area contributed by atoms with Gasteiger partial charge in [-0.2, -0.15) is 5.26 Å². The molecule has 1 rings (SSSR count). The van der Waals surface area contributed by atoms with E-state index in [2.05, 4.69) is 20.9 Å². The van der Waals surface area contributed by atoms with E-state index < -0.39 is 6.43 Å². The number of methoxy groups -OCH3 is 1. The van der Waals surface area contributed by atoms with Crippen LogP contribution in [0.3, 0.4) is 0 Å². The second-order valence-corrected chi connectivity index (χ2v) is 3.44. The first-order valence-corrected chi connectivity index (χ1v) is 4.77. The van der Waals surface area contributed by atoms with Crippen molar-refractivity contribution in [2.24, 2.45) is 0 Å². The first-order chi connectivity index (χ1) is 7.11. The van der Waals surface area contributed by atoms with Crippen molar-refractivity contribution >= 4 is 15.9 Å². The molecule has 1 heterocycles. The summed E-state index contributed by atoms with van der Waals surface area (Å²) in [6, 6.07) is 1.82. The number of pyridine rings is 1. The monoisotopic (exact) mass is 276 g/mol. The minimum absolute atomic E-state index is 0.112. The van der Waals surface area contributed by atoms with Crippen molar-refractivity contribution < 1.29 is 13.5 Å². The lowest BCUT2D eigenvalue weighted by atomic mass is 10.1. The molecule has 1 aromatic heterocycles. The van der Waals surface area contributed by atoms with Crippen molar-refractivity contribution in [2.45, 2.75) is 12.8 Å². The van der Waals surface area contributed by atoms with Crippen LogP contribution in [0.25, 0.3) is 0 Å². The number of nitriles is 1. The molecule has 0 aliphatic carbocycles. The van der Waals surface area contributed by atoms with E-state index in [9.17, 15) is 8.78 Å². The minimum atomic E-state index is -2.65. The highest BCUT2D eigenvalue weighted by molar-refractivity contribution is 9.10. The number of nitrogens with zero attached hydrogens (tertiary/aromatic N) is 2. The molecule has 0 saturated heterocycles. The fourth-order valence-corrected chi connectivity index (χ4v) is 1.74. The quantitative estimate of drug-likeness (QED) is 0.853. The van der Waals surface area contributed by atoms with E-state index in [-0.39, 0.29) is 23.4 Å². The van der Waals surface area contributed by atoms with Crippen LogP contribution in [0.4, 0.5) is 8.78 Å². The summed E-state index contributed by atoms with van der Waals surface area (Å²) in [5, 5.41) is 8.54. The molecule has 6 heteroatoms. The summed E-state index contributed by atoms with van der Waals surface area (Å²) >= 11 is 3.09. The summed E-state index contributed by atoms with van der Waals surface area (Å²) in [6.07, 6.45) is -1.73. The molecule has 0 radical (unpaired) electrons. The molecule has 0 fully saturated rings. The topological polar surface area (TPSA) is 45.9 Å². The van der Waals surface area contributed by atoms with Gasteiger partial charge in [0.1, 0.15) is 0 Å². The molecule has 0 amide bonds. The van der Waals surface area contributed by atoms with E-state index in [1.54, 1.807) is 0 Å². The fourth-order valence-electron chi connectivity index (χ4n) is 1.11. The third-order valence-corrected chi connectivity index (χ3v) is 2.62. The van der Waals surface area contributed by atoms with Crippen LogP contribution in [-0.2, 0) is 6.42 Å². The maximum Gasteiger partial charge on any atom is 0.265 e. The molecule has 0 atom stereocenters. The zero-order valence-electron chi connectivity index (χ0n) is 7.80. The van der Waals surface area contributed by atoms with Gasteiger partial charge in [0.2, 0.25) is 5.88 Å². The van der Waals surface area contributed by atoms with E-state index in [4.69, 9.17) is 10.00 Å². The van der Waals surface area contributed by atoms with E-state index in [0.29, 0.717) is 4.47 Å². The minimum Gasteiger partial charge on any atom is -0.480 e. The Morgan fingerprint density at radius 3 is 2.80 bits per heavy atom. The zero-order valence-corrected chi connectivity index (χ0v) is 9.38. The smallest absolute Gasteiger partial charge is 0.265 e. The van der Waals surface area contributed by atoms with Crippen molar-refractivity contribution in [3.63, 3.8) is 0 Å². The highest BCUT2D eigenvalue weighted by Gasteiger charge is 2.19. The number of ether oxygens (including phenoxy) is 1. The maximum atomic E-state index is 12.6. The molecular weight excluding hydrogens is 270 g/mol. The van der Waals surface area contributed by atoms with Crippen LogP contribution < -0.4 is 4.74 Å². The van der Waals surface area contributed by atoms with Gasteiger partial charge in [-0.3, -0.25) is 0 Å². The number of halogens is 3. The number of hydrogen-bond acceptors (Lipinski definition) is 3. The number of alkyl halides is 2. The van der Waals surface area contributed by atoms with Gasteiger partial charge in [-0.05, 0) is 21.5 Å². The highest BCUT2D eigenvalue weighted by atomic mass is 79.9. The van der Waals surface area contributed by atoms with Crippen molar-refractivity contribution in [2.75, 3.05) is 7.11 Å². The number of hydrogen-bond donors (Lipinski definition) is 0. The Balaban J connectivity index is 3.32. The standard InChI is InChI=1S/C9H7BrF2N2O/c1-15-9-7(10)5(2-3-13)6(4-14-9)8(11)12/h4,8H,2H2,1H3. The van der Waals surface area contributed by atoms with Gasteiger partial charge >= 0.3 is 0 Å². The average molecular weight is 277 g/mol. The summed E-state index contributed by atoms with van der Waals surface area (Å²) in [7, 11) is 1.38. The third-order valence-electron chi connectivity index (χ3n) is 1.81. The molecule has 0 spiro atoms. The molecule has 80 valence electrons. The lowest BCUT2D eigenvalue weighted by molar-refractivity contribution is 0.149. The Bertz CT molecular complexity index is 404. The van der Waals surface area contributed by atoms with E-state index in [0.717, 1.165) is 6.20 Å². The summed E-state index contributed by atoms with van der Waals surface area (Å²) < 4.78 is 30.3. The van der Waals surface area contributed by atoms with Crippen molar-refractivity contribution in [3.05, 3.63) is 21.8 Å². The molecule has 0 N–H and O–H groups in total. The van der Waals surface area contributed by atoms with Gasteiger partial charge in [0.25, 0.3) is 6.43 Å². The van der Waals surface area contributed by atoms with E-state index >= 15 is 0 Å². The molecule has 0 aromatic carbocycles. The summed E-state index contributed by atoms with van der Waals surface area (Å²) in [6.45, 7) is 0. The maximum absolute atomic E-state index is 12.6. The largest absolute Gasteiger partial charge is 0.480 e. The summed E-state index contributed by atoms with van der Waals surface area (Å²) in [4.78, 5) is 3.70. The number of aromatic nitrogens is 1. The Morgan fingerprint density at radius 2 is 2.33 bits per heavy atom. The van der Waals surface area contributed by atoms with Crippen LogP contribution in [0.15, 0.2) is 10.7 Å². The number of rotatable bonds is 3. The molecule has 0 bridgehead atoms. The van der Waals surface area contributed by atoms with E-state index in [1.807, 2.05) is 6.07 Å². The Hall–Kier alpha value is -1.22. The third kappa shape index (κ3) is 2.42. The van der Waals surface area contributed by atoms with Crippen molar-refractivity contribution in [1.82, 2.24) is 4.98 Å². The van der Waals surface area contributed by atoms with Gasteiger partial charge < -0.3 is 4.74 Å².